The maximum absolute atomic E-state index is 12.8. The molecule has 2 aromatic carbocycles. The Hall–Kier alpha value is -3.60. The number of likely N-dealkylation sites (tertiary alicyclic amines) is 1. The molecule has 176 valence electrons. The van der Waals surface area contributed by atoms with Gasteiger partial charge in [-0.15, -0.1) is 0 Å². The third-order valence-electron chi connectivity index (χ3n) is 5.21. The minimum Gasteiger partial charge on any atom is -0.475 e. The van der Waals surface area contributed by atoms with Gasteiger partial charge >= 0.3 is 12.1 Å². The quantitative estimate of drug-likeness (QED) is 0.471. The number of piperidine rings is 1. The van der Waals surface area contributed by atoms with Crippen molar-refractivity contribution in [3.8, 4) is 0 Å². The Labute approximate surface area is 187 Å². The largest absolute Gasteiger partial charge is 0.490 e. The maximum atomic E-state index is 12.8. The molecule has 1 aliphatic rings. The van der Waals surface area contributed by atoms with Gasteiger partial charge in [-0.25, -0.2) is 4.79 Å². The zero-order chi connectivity index (χ0) is 24.0. The number of benzene rings is 2. The molecule has 33 heavy (non-hydrogen) atoms. The summed E-state index contributed by atoms with van der Waals surface area (Å²) in [5.74, 6) is -2.76. The van der Waals surface area contributed by atoms with Crippen molar-refractivity contribution < 1.29 is 27.9 Å². The van der Waals surface area contributed by atoms with E-state index in [1.165, 1.54) is 0 Å². The number of carbonyl (C=O) groups is 2. The van der Waals surface area contributed by atoms with Gasteiger partial charge in [0.2, 0.25) is 5.91 Å². The molecule has 0 spiro atoms. The molecule has 1 unspecified atom stereocenters. The van der Waals surface area contributed by atoms with E-state index in [9.17, 15) is 18.0 Å². The smallest absolute Gasteiger partial charge is 0.475 e. The van der Waals surface area contributed by atoms with Crippen molar-refractivity contribution in [1.82, 2.24) is 15.1 Å². The van der Waals surface area contributed by atoms with E-state index in [4.69, 9.17) is 15.6 Å². The Kier molecular flexibility index (Phi) is 7.54. The van der Waals surface area contributed by atoms with Gasteiger partial charge in [0.1, 0.15) is 6.04 Å². The molecule has 11 heteroatoms. The highest BCUT2D eigenvalue weighted by atomic mass is 19.4. The minimum atomic E-state index is -5.08. The molecule has 5 N–H and O–H groups in total. The lowest BCUT2D eigenvalue weighted by Gasteiger charge is -2.35. The number of aromatic nitrogens is 2. The van der Waals surface area contributed by atoms with Crippen LogP contribution < -0.4 is 11.1 Å². The molecule has 0 aliphatic carbocycles. The second-order valence-corrected chi connectivity index (χ2v) is 7.63. The van der Waals surface area contributed by atoms with Gasteiger partial charge in [-0.05, 0) is 36.6 Å². The Morgan fingerprint density at radius 3 is 2.58 bits per heavy atom. The predicted octanol–water partition coefficient (Wildman–Crippen LogP) is 3.30. The lowest BCUT2D eigenvalue weighted by atomic mass is 10.0. The van der Waals surface area contributed by atoms with Crippen molar-refractivity contribution in [2.45, 2.75) is 31.1 Å². The van der Waals surface area contributed by atoms with Crippen LogP contribution >= 0.6 is 0 Å². The molecule has 0 radical (unpaired) electrons. The number of H-pyrrole nitrogens is 1. The highest BCUT2D eigenvalue weighted by Crippen LogP contribution is 2.22. The zero-order valence-electron chi connectivity index (χ0n) is 17.5. The first kappa shape index (κ1) is 24.1. The summed E-state index contributed by atoms with van der Waals surface area (Å²) in [4.78, 5) is 23.6. The SMILES string of the molecule is N[C@@H](C(=O)N1CCCC(Nc2ccc3[nH]ncc3c2)C1)c1ccccc1.O=C(O)C(F)(F)F. The Balaban J connectivity index is 0.000000383. The molecular formula is C22H24F3N5O3. The predicted molar refractivity (Wildman–Crippen MR) is 116 cm³/mol. The second kappa shape index (κ2) is 10.3. The van der Waals surface area contributed by atoms with Crippen molar-refractivity contribution in [1.29, 1.82) is 0 Å². The highest BCUT2D eigenvalue weighted by molar-refractivity contribution is 5.83. The first-order valence-corrected chi connectivity index (χ1v) is 10.2. The number of hydrogen-bond acceptors (Lipinski definition) is 5. The third kappa shape index (κ3) is 6.45. The minimum absolute atomic E-state index is 0.00649. The second-order valence-electron chi connectivity index (χ2n) is 7.63. The third-order valence-corrected chi connectivity index (χ3v) is 5.21. The highest BCUT2D eigenvalue weighted by Gasteiger charge is 2.38. The van der Waals surface area contributed by atoms with E-state index >= 15 is 0 Å². The van der Waals surface area contributed by atoms with Gasteiger partial charge in [0, 0.05) is 30.2 Å². The number of alkyl halides is 3. The van der Waals surface area contributed by atoms with Gasteiger partial charge in [-0.3, -0.25) is 9.89 Å². The van der Waals surface area contributed by atoms with Gasteiger partial charge in [-0.2, -0.15) is 18.3 Å². The van der Waals surface area contributed by atoms with Crippen molar-refractivity contribution >= 4 is 28.5 Å². The molecule has 1 aromatic heterocycles. The fourth-order valence-corrected chi connectivity index (χ4v) is 3.56. The maximum Gasteiger partial charge on any atom is 0.490 e. The summed E-state index contributed by atoms with van der Waals surface area (Å²) in [5.41, 5.74) is 9.12. The number of anilines is 1. The van der Waals surface area contributed by atoms with Gasteiger partial charge < -0.3 is 21.1 Å². The van der Waals surface area contributed by atoms with Crippen LogP contribution in [0.25, 0.3) is 10.9 Å². The first-order valence-electron chi connectivity index (χ1n) is 10.2. The van der Waals surface area contributed by atoms with Crippen molar-refractivity contribution in [3.63, 3.8) is 0 Å². The number of halogens is 3. The van der Waals surface area contributed by atoms with Crippen molar-refractivity contribution in [2.75, 3.05) is 18.4 Å². The van der Waals surface area contributed by atoms with Crippen LogP contribution in [0.5, 0.6) is 0 Å². The zero-order valence-corrected chi connectivity index (χ0v) is 17.5. The summed E-state index contributed by atoms with van der Waals surface area (Å²) in [5, 5.41) is 18.8. The van der Waals surface area contributed by atoms with Crippen LogP contribution in [-0.2, 0) is 9.59 Å². The molecule has 2 atom stereocenters. The number of nitrogens with zero attached hydrogens (tertiary/aromatic N) is 2. The normalized spacial score (nSPS) is 17.1. The van der Waals surface area contributed by atoms with Crippen LogP contribution in [0.4, 0.5) is 18.9 Å². The number of rotatable bonds is 4. The van der Waals surface area contributed by atoms with E-state index in [2.05, 4.69) is 21.6 Å². The van der Waals surface area contributed by atoms with Gasteiger partial charge in [0.25, 0.3) is 0 Å². The number of aromatic amines is 1. The van der Waals surface area contributed by atoms with Crippen LogP contribution in [-0.4, -0.2) is 57.4 Å². The molecule has 1 fully saturated rings. The van der Waals surface area contributed by atoms with E-state index in [0.717, 1.165) is 41.5 Å². The fraction of sp³-hybridized carbons (Fsp3) is 0.318. The number of hydrogen-bond donors (Lipinski definition) is 4. The van der Waals surface area contributed by atoms with Crippen LogP contribution in [0.3, 0.4) is 0 Å². The molecule has 1 amide bonds. The molecule has 0 saturated carbocycles. The number of nitrogens with two attached hydrogens (primary N) is 1. The van der Waals surface area contributed by atoms with Crippen molar-refractivity contribution in [3.05, 3.63) is 60.3 Å². The number of fused-ring (bicyclic) bond motifs is 1. The lowest BCUT2D eigenvalue weighted by Crippen LogP contribution is -2.48. The number of nitrogens with one attached hydrogen (secondary N) is 2. The number of carboxylic acid groups (broad SMARTS) is 1. The standard InChI is InChI=1S/C20H23N5O.C2HF3O2/c21-19(14-5-2-1-3-6-14)20(26)25-10-4-7-17(13-25)23-16-8-9-18-15(11-16)12-22-24-18;3-2(4,5)1(6)7/h1-3,5-6,8-9,11-12,17,19,23H,4,7,10,13,21H2,(H,22,24);(H,6,7)/t17?,19-;/m1./s1. The van der Waals surface area contributed by atoms with E-state index in [1.807, 2.05) is 53.6 Å². The molecular weight excluding hydrogens is 439 g/mol. The van der Waals surface area contributed by atoms with E-state index < -0.39 is 18.2 Å². The molecule has 1 saturated heterocycles. The summed E-state index contributed by atoms with van der Waals surface area (Å²) >= 11 is 0. The van der Waals surface area contributed by atoms with Crippen molar-refractivity contribution in [2.24, 2.45) is 5.73 Å². The fourth-order valence-electron chi connectivity index (χ4n) is 3.56. The summed E-state index contributed by atoms with van der Waals surface area (Å²) in [6, 6.07) is 15.3. The summed E-state index contributed by atoms with van der Waals surface area (Å²) in [7, 11) is 0. The van der Waals surface area contributed by atoms with Gasteiger partial charge in [-0.1, -0.05) is 30.3 Å². The van der Waals surface area contributed by atoms with Crippen LogP contribution in [0.1, 0.15) is 24.4 Å². The number of amides is 1. The molecule has 3 aromatic rings. The molecule has 8 nitrogen and oxygen atoms in total. The van der Waals surface area contributed by atoms with E-state index in [1.54, 1.807) is 0 Å². The Bertz CT molecular complexity index is 1090. The average molecular weight is 463 g/mol. The monoisotopic (exact) mass is 463 g/mol. The van der Waals surface area contributed by atoms with E-state index in [0.29, 0.717) is 6.54 Å². The van der Waals surface area contributed by atoms with Crippen LogP contribution in [0, 0.1) is 0 Å². The summed E-state index contributed by atoms with van der Waals surface area (Å²) in [6.45, 7) is 1.43. The number of carboxylic acids is 1. The topological polar surface area (TPSA) is 124 Å². The van der Waals surface area contributed by atoms with Crippen LogP contribution in [0.2, 0.25) is 0 Å². The Morgan fingerprint density at radius 2 is 1.91 bits per heavy atom. The Morgan fingerprint density at radius 1 is 1.21 bits per heavy atom. The molecule has 1 aliphatic heterocycles. The molecule has 4 rings (SSSR count). The average Bonchev–Trinajstić information content (AvgIpc) is 3.26. The lowest BCUT2D eigenvalue weighted by molar-refractivity contribution is -0.192. The van der Waals surface area contributed by atoms with Crippen LogP contribution in [0.15, 0.2) is 54.7 Å². The molecule has 2 heterocycles. The number of carbonyl (C=O) groups excluding carboxylic acids is 1. The summed E-state index contributed by atoms with van der Waals surface area (Å²) in [6.07, 6.45) is -1.26. The summed E-state index contributed by atoms with van der Waals surface area (Å²) < 4.78 is 31.7. The van der Waals surface area contributed by atoms with E-state index in [-0.39, 0.29) is 11.9 Å². The number of aliphatic carboxylic acids is 1. The van der Waals surface area contributed by atoms with Gasteiger partial charge in [0.15, 0.2) is 0 Å². The van der Waals surface area contributed by atoms with Gasteiger partial charge in [0.05, 0.1) is 11.7 Å². The molecule has 0 bridgehead atoms. The first-order chi connectivity index (χ1) is 15.6.